The van der Waals surface area contributed by atoms with E-state index in [1.54, 1.807) is 72.8 Å². The minimum absolute atomic E-state index is 0.165. The maximum atomic E-state index is 14.2. The third kappa shape index (κ3) is 7.05. The Kier molecular flexibility index (Phi) is 9.21. The Morgan fingerprint density at radius 2 is 0.625 bits per heavy atom. The van der Waals surface area contributed by atoms with Crippen molar-refractivity contribution in [2.45, 2.75) is 36.9 Å². The summed E-state index contributed by atoms with van der Waals surface area (Å²) >= 11 is 0. The Balaban J connectivity index is 1.39. The lowest BCUT2D eigenvalue weighted by Crippen LogP contribution is -2.56. The highest BCUT2D eigenvalue weighted by Crippen LogP contribution is 2.41. The summed E-state index contributed by atoms with van der Waals surface area (Å²) in [5, 5.41) is 24.0. The van der Waals surface area contributed by atoms with E-state index >= 15 is 0 Å². The van der Waals surface area contributed by atoms with Crippen LogP contribution in [0.3, 0.4) is 0 Å². The van der Waals surface area contributed by atoms with Crippen molar-refractivity contribution >= 4 is 47.4 Å². The third-order valence-corrected chi connectivity index (χ3v) is 8.71. The number of benzene rings is 4. The zero-order valence-electron chi connectivity index (χ0n) is 26.2. The number of aliphatic hydroxyl groups is 2. The lowest BCUT2D eigenvalue weighted by molar-refractivity contribution is -0.159. The number of Topliss-reactive ketones (excluding diaryl/α,β-unsaturated/α-hetero) is 4. The molecule has 0 aliphatic heterocycles. The number of hydrogen-bond acceptors (Lipinski definition) is 6. The first-order valence-electron chi connectivity index (χ1n) is 15.8. The van der Waals surface area contributed by atoms with Gasteiger partial charge >= 0.3 is 0 Å². The van der Waals surface area contributed by atoms with Crippen LogP contribution >= 0.6 is 0 Å². The van der Waals surface area contributed by atoms with Gasteiger partial charge in [-0.05, 0) is 46.6 Å². The Labute approximate surface area is 279 Å². The minimum atomic E-state index is -2.31. The molecule has 2 N–H and O–H groups in total. The first-order chi connectivity index (χ1) is 23.1. The maximum Gasteiger partial charge on any atom is 0.233 e. The van der Waals surface area contributed by atoms with Crippen LogP contribution in [0.1, 0.15) is 47.9 Å². The molecule has 6 heteroatoms. The van der Waals surface area contributed by atoms with Crippen LogP contribution in [0.4, 0.5) is 0 Å². The molecule has 0 bridgehead atoms. The van der Waals surface area contributed by atoms with E-state index in [2.05, 4.69) is 0 Å². The monoisotopic (exact) mass is 634 g/mol. The molecule has 4 aromatic carbocycles. The van der Waals surface area contributed by atoms with E-state index in [-0.39, 0.29) is 33.9 Å². The van der Waals surface area contributed by atoms with Crippen LogP contribution < -0.4 is 0 Å². The van der Waals surface area contributed by atoms with Crippen LogP contribution in [0, 0.1) is 0 Å². The van der Waals surface area contributed by atoms with Gasteiger partial charge in [0.2, 0.25) is 11.6 Å². The molecule has 0 spiro atoms. The first kappa shape index (κ1) is 32.4. The van der Waals surface area contributed by atoms with Crippen molar-refractivity contribution in [3.8, 4) is 0 Å². The van der Waals surface area contributed by atoms with Gasteiger partial charge < -0.3 is 10.2 Å². The van der Waals surface area contributed by atoms with Crippen molar-refractivity contribution in [3.63, 3.8) is 0 Å². The summed E-state index contributed by atoms with van der Waals surface area (Å²) in [5.74, 6) is -3.09. The number of carbonyl (C=O) groups is 4. The standard InChI is InChI=1S/C42H34O6/c43-37-33(21-29-13-5-1-6-14-29)25-41(47,26-34(37)22-30-15-7-2-8-16-30)39(45)40(46)42(48)27-35(23-31-17-9-3-10-18-31)38(44)36(28-42)24-32-19-11-4-12-20-32/h1-24,47-48H,25-28H2/b33-21+,34-22+,35-23+,36-24+. The van der Waals surface area contributed by atoms with Gasteiger partial charge in [0, 0.05) is 48.0 Å². The summed E-state index contributed by atoms with van der Waals surface area (Å²) in [5.41, 5.74) is -1.19. The van der Waals surface area contributed by atoms with E-state index in [9.17, 15) is 29.4 Å². The molecule has 0 unspecified atom stereocenters. The highest BCUT2D eigenvalue weighted by atomic mass is 16.3. The topological polar surface area (TPSA) is 109 Å². The lowest BCUT2D eigenvalue weighted by Gasteiger charge is -2.37. The van der Waals surface area contributed by atoms with E-state index in [4.69, 9.17) is 0 Å². The molecule has 2 saturated carbocycles. The molecule has 4 aromatic rings. The predicted molar refractivity (Wildman–Crippen MR) is 186 cm³/mol. The molecule has 0 saturated heterocycles. The Hall–Kier alpha value is -5.56. The molecule has 2 fully saturated rings. The molecular weight excluding hydrogens is 600 g/mol. The van der Waals surface area contributed by atoms with Crippen LogP contribution in [-0.4, -0.2) is 44.5 Å². The molecule has 0 amide bonds. The molecular formula is C42H34O6. The Morgan fingerprint density at radius 3 is 0.833 bits per heavy atom. The fourth-order valence-electron chi connectivity index (χ4n) is 6.33. The van der Waals surface area contributed by atoms with Gasteiger partial charge in [0.15, 0.2) is 11.6 Å². The summed E-state index contributed by atoms with van der Waals surface area (Å²) in [6.45, 7) is 0. The lowest BCUT2D eigenvalue weighted by atomic mass is 9.68. The predicted octanol–water partition coefficient (Wildman–Crippen LogP) is 6.65. The third-order valence-electron chi connectivity index (χ3n) is 8.71. The van der Waals surface area contributed by atoms with E-state index in [1.807, 2.05) is 72.8 Å². The van der Waals surface area contributed by atoms with Crippen molar-refractivity contribution < 1.29 is 29.4 Å². The van der Waals surface area contributed by atoms with Gasteiger partial charge in [-0.3, -0.25) is 19.2 Å². The number of rotatable bonds is 7. The molecule has 0 radical (unpaired) electrons. The molecule has 6 nitrogen and oxygen atoms in total. The van der Waals surface area contributed by atoms with Gasteiger partial charge in [-0.15, -0.1) is 0 Å². The molecule has 0 heterocycles. The van der Waals surface area contributed by atoms with Gasteiger partial charge in [-0.1, -0.05) is 121 Å². The van der Waals surface area contributed by atoms with Gasteiger partial charge in [-0.25, -0.2) is 0 Å². The molecule has 2 aliphatic rings. The molecule has 2 aliphatic carbocycles. The quantitative estimate of drug-likeness (QED) is 0.174. The molecule has 6 rings (SSSR count). The largest absolute Gasteiger partial charge is 0.381 e. The van der Waals surface area contributed by atoms with Crippen LogP contribution in [0.15, 0.2) is 144 Å². The molecule has 0 atom stereocenters. The average Bonchev–Trinajstić information content (AvgIpc) is 3.10. The van der Waals surface area contributed by atoms with Crippen molar-refractivity contribution in [1.82, 2.24) is 0 Å². The Bertz CT molecular complexity index is 1710. The van der Waals surface area contributed by atoms with Gasteiger partial charge in [-0.2, -0.15) is 0 Å². The van der Waals surface area contributed by atoms with E-state index in [0.29, 0.717) is 22.3 Å². The van der Waals surface area contributed by atoms with E-state index < -0.39 is 48.5 Å². The summed E-state index contributed by atoms with van der Waals surface area (Å²) in [4.78, 5) is 55.8. The number of carbonyl (C=O) groups excluding carboxylic acids is 4. The van der Waals surface area contributed by atoms with Crippen molar-refractivity contribution in [2.75, 3.05) is 0 Å². The highest BCUT2D eigenvalue weighted by Gasteiger charge is 2.54. The SMILES string of the molecule is O=C1/C(=C/c2ccccc2)CC(O)(C(=O)C(=O)C2(O)C/C(=C\c3ccccc3)C(=O)/C(=C/c3ccccc3)C2)C/C1=C\c1ccccc1. The van der Waals surface area contributed by atoms with Gasteiger partial charge in [0.25, 0.3) is 0 Å². The molecule has 238 valence electrons. The summed E-state index contributed by atoms with van der Waals surface area (Å²) in [6, 6.07) is 36.2. The number of hydrogen-bond donors (Lipinski definition) is 2. The van der Waals surface area contributed by atoms with Crippen LogP contribution in [0.25, 0.3) is 24.3 Å². The second-order valence-corrected chi connectivity index (χ2v) is 12.4. The number of ketones is 4. The molecule has 0 aromatic heterocycles. The average molecular weight is 635 g/mol. The summed E-state index contributed by atoms with van der Waals surface area (Å²) < 4.78 is 0. The van der Waals surface area contributed by atoms with Gasteiger partial charge in [0.05, 0.1) is 0 Å². The second-order valence-electron chi connectivity index (χ2n) is 12.4. The fraction of sp³-hybridized carbons (Fsp3) is 0.143. The smallest absolute Gasteiger partial charge is 0.233 e. The van der Waals surface area contributed by atoms with E-state index in [1.165, 1.54) is 0 Å². The minimum Gasteiger partial charge on any atom is -0.381 e. The van der Waals surface area contributed by atoms with Crippen molar-refractivity contribution in [1.29, 1.82) is 0 Å². The maximum absolute atomic E-state index is 14.2. The van der Waals surface area contributed by atoms with Gasteiger partial charge in [0.1, 0.15) is 11.2 Å². The fourth-order valence-corrected chi connectivity index (χ4v) is 6.33. The molecule has 48 heavy (non-hydrogen) atoms. The zero-order valence-corrected chi connectivity index (χ0v) is 26.2. The van der Waals surface area contributed by atoms with Crippen LogP contribution in [0.2, 0.25) is 0 Å². The normalized spacial score (nSPS) is 24.7. The van der Waals surface area contributed by atoms with Crippen LogP contribution in [-0.2, 0) is 19.2 Å². The summed E-state index contributed by atoms with van der Waals surface area (Å²) in [6.07, 6.45) is 4.79. The van der Waals surface area contributed by atoms with Crippen molar-refractivity contribution in [3.05, 3.63) is 166 Å². The zero-order chi connectivity index (χ0) is 33.7. The summed E-state index contributed by atoms with van der Waals surface area (Å²) in [7, 11) is 0. The highest BCUT2D eigenvalue weighted by molar-refractivity contribution is 6.44. The van der Waals surface area contributed by atoms with Crippen molar-refractivity contribution in [2.24, 2.45) is 0 Å². The second kappa shape index (κ2) is 13.7. The van der Waals surface area contributed by atoms with Crippen LogP contribution in [0.5, 0.6) is 0 Å². The Morgan fingerprint density at radius 1 is 0.417 bits per heavy atom. The first-order valence-corrected chi connectivity index (χ1v) is 15.8. The van der Waals surface area contributed by atoms with E-state index in [0.717, 1.165) is 0 Å².